The molecule has 0 aliphatic rings. The molecule has 6 nitrogen and oxygen atoms in total. The van der Waals surface area contributed by atoms with E-state index in [1.54, 1.807) is 42.5 Å². The fraction of sp³-hybridized carbons (Fsp3) is 0.0526. The molecule has 0 saturated heterocycles. The normalized spacial score (nSPS) is 11.4. The SMILES string of the molecule is N#Cc1ccc(OC(F)(F)F)c(-c2ccccc2)c1-c1nnc2cccnn12. The first-order chi connectivity index (χ1) is 13.5. The molecule has 0 saturated carbocycles. The molecule has 138 valence electrons. The van der Waals surface area contributed by atoms with E-state index in [4.69, 9.17) is 0 Å². The predicted molar refractivity (Wildman–Crippen MR) is 93.1 cm³/mol. The van der Waals surface area contributed by atoms with Gasteiger partial charge in [0.25, 0.3) is 0 Å². The summed E-state index contributed by atoms with van der Waals surface area (Å²) in [5.41, 5.74) is 1.18. The molecule has 0 amide bonds. The summed E-state index contributed by atoms with van der Waals surface area (Å²) in [6, 6.07) is 16.0. The molecular formula is C19H10F3N5O. The van der Waals surface area contributed by atoms with E-state index in [9.17, 15) is 18.4 Å². The van der Waals surface area contributed by atoms with Crippen molar-refractivity contribution >= 4 is 5.65 Å². The maximum Gasteiger partial charge on any atom is 0.573 e. The second-order valence-corrected chi connectivity index (χ2v) is 5.70. The summed E-state index contributed by atoms with van der Waals surface area (Å²) < 4.78 is 44.7. The summed E-state index contributed by atoms with van der Waals surface area (Å²) in [7, 11) is 0. The van der Waals surface area contributed by atoms with Gasteiger partial charge in [0.15, 0.2) is 11.5 Å². The van der Waals surface area contributed by atoms with Gasteiger partial charge in [-0.05, 0) is 29.8 Å². The van der Waals surface area contributed by atoms with Gasteiger partial charge in [0.2, 0.25) is 0 Å². The third kappa shape index (κ3) is 3.12. The minimum absolute atomic E-state index is 0.0805. The number of nitrogens with zero attached hydrogens (tertiary/aromatic N) is 5. The number of benzene rings is 2. The van der Waals surface area contributed by atoms with Crippen LogP contribution in [0.5, 0.6) is 5.75 Å². The Hall–Kier alpha value is -3.93. The van der Waals surface area contributed by atoms with Gasteiger partial charge in [-0.1, -0.05) is 30.3 Å². The Morgan fingerprint density at radius 2 is 1.71 bits per heavy atom. The lowest BCUT2D eigenvalue weighted by Crippen LogP contribution is -2.18. The minimum Gasteiger partial charge on any atom is -0.405 e. The molecule has 0 radical (unpaired) electrons. The van der Waals surface area contributed by atoms with Gasteiger partial charge < -0.3 is 4.74 Å². The predicted octanol–water partition coefficient (Wildman–Crippen LogP) is 4.23. The Morgan fingerprint density at radius 3 is 2.43 bits per heavy atom. The zero-order valence-corrected chi connectivity index (χ0v) is 14.1. The molecule has 9 heteroatoms. The van der Waals surface area contributed by atoms with Crippen molar-refractivity contribution in [1.29, 1.82) is 5.26 Å². The topological polar surface area (TPSA) is 76.1 Å². The van der Waals surface area contributed by atoms with Gasteiger partial charge in [0.05, 0.1) is 17.2 Å². The van der Waals surface area contributed by atoms with Gasteiger partial charge in [-0.3, -0.25) is 0 Å². The molecule has 0 fully saturated rings. The first kappa shape index (κ1) is 17.5. The number of hydrogen-bond donors (Lipinski definition) is 0. The van der Waals surface area contributed by atoms with E-state index < -0.39 is 12.1 Å². The third-order valence-electron chi connectivity index (χ3n) is 3.98. The molecular weight excluding hydrogens is 371 g/mol. The van der Waals surface area contributed by atoms with Crippen LogP contribution >= 0.6 is 0 Å². The zero-order valence-electron chi connectivity index (χ0n) is 14.1. The van der Waals surface area contributed by atoms with Gasteiger partial charge in [-0.2, -0.15) is 14.9 Å². The number of nitriles is 1. The molecule has 0 unspecified atom stereocenters. The monoisotopic (exact) mass is 381 g/mol. The highest BCUT2D eigenvalue weighted by Gasteiger charge is 2.34. The second-order valence-electron chi connectivity index (χ2n) is 5.70. The number of aromatic nitrogens is 4. The molecule has 0 bridgehead atoms. The van der Waals surface area contributed by atoms with Crippen LogP contribution in [0.25, 0.3) is 28.2 Å². The molecule has 0 atom stereocenters. The lowest BCUT2D eigenvalue weighted by molar-refractivity contribution is -0.274. The summed E-state index contributed by atoms with van der Waals surface area (Å²) >= 11 is 0. The third-order valence-corrected chi connectivity index (χ3v) is 3.98. The lowest BCUT2D eigenvalue weighted by atomic mass is 9.94. The number of hydrogen-bond acceptors (Lipinski definition) is 5. The standard InChI is InChI=1S/C19H10F3N5O/c20-19(21,22)28-14-9-8-13(11-23)17(16(14)12-5-2-1-3-6-12)18-26-25-15-7-4-10-24-27(15)18/h1-10H. The van der Waals surface area contributed by atoms with E-state index in [1.807, 2.05) is 6.07 Å². The average molecular weight is 381 g/mol. The Labute approximate surface area is 156 Å². The molecule has 2 aromatic carbocycles. The Balaban J connectivity index is 2.09. The van der Waals surface area contributed by atoms with E-state index in [0.717, 1.165) is 6.07 Å². The molecule has 2 heterocycles. The highest BCUT2D eigenvalue weighted by atomic mass is 19.4. The molecule has 4 rings (SSSR count). The van der Waals surface area contributed by atoms with Gasteiger partial charge in [-0.25, -0.2) is 0 Å². The number of alkyl halides is 3. The van der Waals surface area contributed by atoms with Crippen molar-refractivity contribution < 1.29 is 17.9 Å². The Bertz CT molecular complexity index is 1200. The summed E-state index contributed by atoms with van der Waals surface area (Å²) in [5.74, 6) is -0.306. The van der Waals surface area contributed by atoms with Gasteiger partial charge in [0, 0.05) is 11.8 Å². The Kier molecular flexibility index (Phi) is 4.16. The van der Waals surface area contributed by atoms with Crippen LogP contribution in [-0.4, -0.2) is 26.2 Å². The van der Waals surface area contributed by atoms with Crippen LogP contribution in [-0.2, 0) is 0 Å². The van der Waals surface area contributed by atoms with Crippen LogP contribution in [0.3, 0.4) is 0 Å². The number of fused-ring (bicyclic) bond motifs is 1. The van der Waals surface area contributed by atoms with Crippen molar-refractivity contribution in [3.63, 3.8) is 0 Å². The summed E-state index contributed by atoms with van der Waals surface area (Å²) in [6.07, 6.45) is -3.41. The molecule has 4 aromatic rings. The minimum atomic E-state index is -4.90. The Morgan fingerprint density at radius 1 is 0.929 bits per heavy atom. The largest absolute Gasteiger partial charge is 0.573 e. The molecule has 2 aromatic heterocycles. The van der Waals surface area contributed by atoms with Gasteiger partial charge in [0.1, 0.15) is 5.75 Å². The fourth-order valence-corrected chi connectivity index (χ4v) is 2.91. The van der Waals surface area contributed by atoms with E-state index in [1.165, 1.54) is 16.8 Å². The van der Waals surface area contributed by atoms with Crippen molar-refractivity contribution in [1.82, 2.24) is 19.8 Å². The van der Waals surface area contributed by atoms with E-state index >= 15 is 0 Å². The van der Waals surface area contributed by atoms with Gasteiger partial charge in [-0.15, -0.1) is 23.4 Å². The molecule has 0 aliphatic heterocycles. The first-order valence-corrected chi connectivity index (χ1v) is 8.03. The van der Waals surface area contributed by atoms with Crippen molar-refractivity contribution in [2.45, 2.75) is 6.36 Å². The van der Waals surface area contributed by atoms with Crippen LogP contribution < -0.4 is 4.74 Å². The average Bonchev–Trinajstić information content (AvgIpc) is 3.11. The van der Waals surface area contributed by atoms with Crippen LogP contribution in [0.15, 0.2) is 60.8 Å². The summed E-state index contributed by atoms with van der Waals surface area (Å²) in [6.45, 7) is 0. The maximum atomic E-state index is 13.0. The van der Waals surface area contributed by atoms with E-state index in [-0.39, 0.29) is 22.5 Å². The van der Waals surface area contributed by atoms with E-state index in [0.29, 0.717) is 11.2 Å². The zero-order chi connectivity index (χ0) is 19.7. The molecule has 0 N–H and O–H groups in total. The first-order valence-electron chi connectivity index (χ1n) is 8.03. The van der Waals surface area contributed by atoms with Crippen LogP contribution in [0.4, 0.5) is 13.2 Å². The molecule has 28 heavy (non-hydrogen) atoms. The van der Waals surface area contributed by atoms with E-state index in [2.05, 4.69) is 20.0 Å². The summed E-state index contributed by atoms with van der Waals surface area (Å²) in [5, 5.41) is 21.8. The molecule has 0 spiro atoms. The lowest BCUT2D eigenvalue weighted by Gasteiger charge is -2.17. The number of ether oxygens (including phenoxy) is 1. The van der Waals surface area contributed by atoms with Crippen LogP contribution in [0.2, 0.25) is 0 Å². The van der Waals surface area contributed by atoms with Gasteiger partial charge >= 0.3 is 6.36 Å². The summed E-state index contributed by atoms with van der Waals surface area (Å²) in [4.78, 5) is 0. The van der Waals surface area contributed by atoms with Crippen molar-refractivity contribution in [2.75, 3.05) is 0 Å². The highest BCUT2D eigenvalue weighted by Crippen LogP contribution is 2.42. The quantitative estimate of drug-likeness (QED) is 0.531. The van der Waals surface area contributed by atoms with Crippen LogP contribution in [0, 0.1) is 11.3 Å². The number of rotatable bonds is 3. The van der Waals surface area contributed by atoms with Crippen molar-refractivity contribution in [3.8, 4) is 34.3 Å². The highest BCUT2D eigenvalue weighted by molar-refractivity contribution is 5.89. The number of halogens is 3. The van der Waals surface area contributed by atoms with Crippen molar-refractivity contribution in [2.24, 2.45) is 0 Å². The van der Waals surface area contributed by atoms with Crippen molar-refractivity contribution in [3.05, 3.63) is 66.4 Å². The maximum absolute atomic E-state index is 13.0. The second kappa shape index (κ2) is 6.66. The molecule has 0 aliphatic carbocycles. The smallest absolute Gasteiger partial charge is 0.405 e. The fourth-order valence-electron chi connectivity index (χ4n) is 2.91. The van der Waals surface area contributed by atoms with Crippen LogP contribution in [0.1, 0.15) is 5.56 Å².